The Hall–Kier alpha value is -2.66. The van der Waals surface area contributed by atoms with E-state index in [1.807, 2.05) is 41.8 Å². The number of thiophene rings is 1. The number of hydrogen-bond donors (Lipinski definition) is 0. The number of carbonyl (C=O) groups excluding carboxylic acids is 1. The molecule has 0 amide bonds. The number of benzene rings is 2. The van der Waals surface area contributed by atoms with Crippen LogP contribution in [0.15, 0.2) is 53.7 Å². The van der Waals surface area contributed by atoms with Crippen molar-refractivity contribution < 1.29 is 22.9 Å². The Morgan fingerprint density at radius 2 is 1.87 bits per heavy atom. The van der Waals surface area contributed by atoms with Crippen LogP contribution in [0.4, 0.5) is 0 Å². The molecule has 208 valence electrons. The minimum Gasteiger partial charge on any atom is -0.542 e. The van der Waals surface area contributed by atoms with Crippen molar-refractivity contribution >= 4 is 59.1 Å². The van der Waals surface area contributed by atoms with Crippen molar-refractivity contribution in [2.75, 3.05) is 13.4 Å². The third-order valence-corrected chi connectivity index (χ3v) is 13.8. The molecular weight excluding hydrogens is 572 g/mol. The zero-order valence-electron chi connectivity index (χ0n) is 23.3. The number of hydrogen-bond acceptors (Lipinski definition) is 7. The fraction of sp³-hybridized carbons (Fsp3) is 0.357. The molecule has 4 aromatic rings. The number of rotatable bonds is 8. The standard InChI is InChI=1S/C28H33ClN2O5S2Si/c1-17(19-10-9-11-22(25(19)29)36-39(7,8)28(2,3)4)35-23-15-24(37-26(23)27(32)34-5)31-16-30-20-14-18(38(6)33)12-13-21(20)31/h9-17H,1-8H3/t17-,38?/m1/s1. The highest BCUT2D eigenvalue weighted by molar-refractivity contribution is 7.84. The van der Waals surface area contributed by atoms with Crippen molar-refractivity contribution in [2.45, 2.75) is 56.8 Å². The summed E-state index contributed by atoms with van der Waals surface area (Å²) in [5.74, 6) is 0.518. The van der Waals surface area contributed by atoms with Gasteiger partial charge in [-0.1, -0.05) is 44.5 Å². The molecule has 0 radical (unpaired) electrons. The first-order valence-corrected chi connectivity index (χ1v) is 18.1. The maximum absolute atomic E-state index is 12.7. The Bertz CT molecular complexity index is 1560. The predicted octanol–water partition coefficient (Wildman–Crippen LogP) is 7.79. The first-order chi connectivity index (χ1) is 18.2. The molecule has 2 aromatic heterocycles. The largest absolute Gasteiger partial charge is 0.542 e. The second-order valence-corrected chi connectivity index (χ2v) is 18.3. The summed E-state index contributed by atoms with van der Waals surface area (Å²) in [7, 11) is -1.88. The lowest BCUT2D eigenvalue weighted by molar-refractivity contribution is 0.0600. The van der Waals surface area contributed by atoms with Crippen molar-refractivity contribution in [3.63, 3.8) is 0 Å². The molecule has 1 unspecified atom stereocenters. The highest BCUT2D eigenvalue weighted by Gasteiger charge is 2.39. The Morgan fingerprint density at radius 3 is 2.51 bits per heavy atom. The SMILES string of the molecule is COC(=O)c1sc(-n2cnc3cc(S(C)=O)ccc32)cc1O[C@H](C)c1cccc(O[Si](C)(C)C(C)(C)C)c1Cl. The van der Waals surface area contributed by atoms with Crippen LogP contribution in [0.2, 0.25) is 23.2 Å². The van der Waals surface area contributed by atoms with Crippen molar-refractivity contribution in [3.05, 3.63) is 64.3 Å². The third kappa shape index (κ3) is 5.94. The van der Waals surface area contributed by atoms with Gasteiger partial charge in [0, 0.05) is 33.6 Å². The summed E-state index contributed by atoms with van der Waals surface area (Å²) in [6.07, 6.45) is 2.82. The zero-order valence-corrected chi connectivity index (χ0v) is 26.7. The van der Waals surface area contributed by atoms with Crippen LogP contribution < -0.4 is 9.16 Å². The van der Waals surface area contributed by atoms with Gasteiger partial charge in [-0.15, -0.1) is 11.3 Å². The molecule has 39 heavy (non-hydrogen) atoms. The average Bonchev–Trinajstić information content (AvgIpc) is 3.47. The van der Waals surface area contributed by atoms with Gasteiger partial charge in [-0.3, -0.25) is 8.78 Å². The number of ether oxygens (including phenoxy) is 2. The van der Waals surface area contributed by atoms with Crippen molar-refractivity contribution in [1.82, 2.24) is 9.55 Å². The highest BCUT2D eigenvalue weighted by Crippen LogP contribution is 2.42. The number of halogens is 1. The zero-order chi connectivity index (χ0) is 28.7. The van der Waals surface area contributed by atoms with E-state index in [1.165, 1.54) is 18.4 Å². The second-order valence-electron chi connectivity index (χ2n) is 10.8. The molecule has 2 atom stereocenters. The quantitative estimate of drug-likeness (QED) is 0.151. The molecule has 4 rings (SSSR count). The maximum atomic E-state index is 12.7. The molecule has 0 saturated carbocycles. The van der Waals surface area contributed by atoms with Crippen molar-refractivity contribution in [3.8, 4) is 16.5 Å². The number of imidazole rings is 1. The highest BCUT2D eigenvalue weighted by atomic mass is 35.5. The number of carbonyl (C=O) groups is 1. The summed E-state index contributed by atoms with van der Waals surface area (Å²) in [5, 5.41) is 1.24. The molecule has 0 saturated heterocycles. The molecule has 7 nitrogen and oxygen atoms in total. The summed E-state index contributed by atoms with van der Waals surface area (Å²) >= 11 is 8.08. The summed E-state index contributed by atoms with van der Waals surface area (Å²) in [4.78, 5) is 18.2. The molecule has 0 N–H and O–H groups in total. The van der Waals surface area contributed by atoms with Crippen LogP contribution in [0, 0.1) is 0 Å². The van der Waals surface area contributed by atoms with Gasteiger partial charge in [-0.25, -0.2) is 9.78 Å². The monoisotopic (exact) mass is 604 g/mol. The molecule has 0 fully saturated rings. The van der Waals surface area contributed by atoms with E-state index in [0.717, 1.165) is 16.1 Å². The fourth-order valence-electron chi connectivity index (χ4n) is 3.75. The van der Waals surface area contributed by atoms with Crippen LogP contribution in [0.5, 0.6) is 11.5 Å². The van der Waals surface area contributed by atoms with E-state index in [0.29, 0.717) is 31.8 Å². The number of fused-ring (bicyclic) bond motifs is 1. The number of nitrogens with zero attached hydrogens (tertiary/aromatic N) is 2. The van der Waals surface area contributed by atoms with Crippen LogP contribution in [-0.2, 0) is 15.5 Å². The van der Waals surface area contributed by atoms with Gasteiger partial charge in [0.25, 0.3) is 8.32 Å². The molecule has 0 aliphatic heterocycles. The minimum absolute atomic E-state index is 0.0175. The van der Waals surface area contributed by atoms with E-state index in [1.54, 1.807) is 24.7 Å². The van der Waals surface area contributed by atoms with Gasteiger partial charge in [-0.2, -0.15) is 0 Å². The molecular formula is C28H33ClN2O5S2Si. The summed E-state index contributed by atoms with van der Waals surface area (Å²) < 4.78 is 31.6. The van der Waals surface area contributed by atoms with E-state index < -0.39 is 31.2 Å². The average molecular weight is 605 g/mol. The van der Waals surface area contributed by atoms with Crippen molar-refractivity contribution in [2.24, 2.45) is 0 Å². The van der Waals surface area contributed by atoms with Crippen LogP contribution in [0.3, 0.4) is 0 Å². The fourth-order valence-corrected chi connectivity index (χ4v) is 6.69. The third-order valence-electron chi connectivity index (χ3n) is 7.05. The summed E-state index contributed by atoms with van der Waals surface area (Å²) in [6.45, 7) is 12.8. The molecule has 0 bridgehead atoms. The summed E-state index contributed by atoms with van der Waals surface area (Å²) in [6, 6.07) is 13.0. The Balaban J connectivity index is 1.68. The lowest BCUT2D eigenvalue weighted by Gasteiger charge is -2.37. The maximum Gasteiger partial charge on any atom is 0.351 e. The number of esters is 1. The molecule has 2 aromatic carbocycles. The van der Waals surface area contributed by atoms with E-state index in [2.05, 4.69) is 38.8 Å². The lowest BCUT2D eigenvalue weighted by atomic mass is 10.1. The van der Waals surface area contributed by atoms with Gasteiger partial charge in [0.05, 0.1) is 23.2 Å². The minimum atomic E-state index is -2.11. The Labute approximate surface area is 241 Å². The van der Waals surface area contributed by atoms with Gasteiger partial charge in [0.15, 0.2) is 4.88 Å². The van der Waals surface area contributed by atoms with Gasteiger partial charge in [0.2, 0.25) is 0 Å². The second kappa shape index (κ2) is 11.1. The first kappa shape index (κ1) is 29.3. The topological polar surface area (TPSA) is 79.7 Å². The normalized spacial score (nSPS) is 13.8. The van der Waals surface area contributed by atoms with Crippen LogP contribution in [0.25, 0.3) is 16.0 Å². The molecule has 0 aliphatic carbocycles. The van der Waals surface area contributed by atoms with E-state index >= 15 is 0 Å². The smallest absolute Gasteiger partial charge is 0.351 e. The van der Waals surface area contributed by atoms with Crippen LogP contribution >= 0.6 is 22.9 Å². The molecule has 0 aliphatic rings. The van der Waals surface area contributed by atoms with Gasteiger partial charge in [0.1, 0.15) is 28.9 Å². The van der Waals surface area contributed by atoms with Gasteiger partial charge < -0.3 is 13.9 Å². The molecule has 0 spiro atoms. The predicted molar refractivity (Wildman–Crippen MR) is 161 cm³/mol. The van der Waals surface area contributed by atoms with E-state index in [-0.39, 0.29) is 5.04 Å². The lowest BCUT2D eigenvalue weighted by Crippen LogP contribution is -2.44. The molecule has 11 heteroatoms. The molecule has 2 heterocycles. The van der Waals surface area contributed by atoms with Crippen LogP contribution in [0.1, 0.15) is 49.0 Å². The first-order valence-electron chi connectivity index (χ1n) is 12.4. The Morgan fingerprint density at radius 1 is 1.15 bits per heavy atom. The van der Waals surface area contributed by atoms with Crippen molar-refractivity contribution in [1.29, 1.82) is 0 Å². The van der Waals surface area contributed by atoms with Gasteiger partial charge in [-0.05, 0) is 49.3 Å². The number of methoxy groups -OCH3 is 1. The Kier molecular flexibility index (Phi) is 8.33. The van der Waals surface area contributed by atoms with Crippen LogP contribution in [-0.4, -0.2) is 41.4 Å². The summed E-state index contributed by atoms with van der Waals surface area (Å²) in [5.41, 5.74) is 2.28. The van der Waals surface area contributed by atoms with E-state index in [9.17, 15) is 9.00 Å². The van der Waals surface area contributed by atoms with Gasteiger partial charge >= 0.3 is 5.97 Å². The van der Waals surface area contributed by atoms with E-state index in [4.69, 9.17) is 25.5 Å². The number of aromatic nitrogens is 2.